The van der Waals surface area contributed by atoms with E-state index in [1.165, 1.54) is 0 Å². The summed E-state index contributed by atoms with van der Waals surface area (Å²) in [6.45, 7) is 0. The molecule has 0 aromatic rings. The van der Waals surface area contributed by atoms with E-state index in [0.717, 1.165) is 0 Å². The van der Waals surface area contributed by atoms with Gasteiger partial charge in [0.1, 0.15) is 0 Å². The molecule has 2 atom stereocenters. The molecule has 0 aromatic carbocycles. The molecule has 66 valence electrons. The summed E-state index contributed by atoms with van der Waals surface area (Å²) in [6.07, 6.45) is 0. The van der Waals surface area contributed by atoms with E-state index < -0.39 is 5.97 Å². The number of rotatable bonds is 3. The third-order valence-corrected chi connectivity index (χ3v) is 7.35. The molecule has 2 unspecified atom stereocenters. The summed E-state index contributed by atoms with van der Waals surface area (Å²) in [5, 5.41) is 8.75. The quantitative estimate of drug-likeness (QED) is 0.176. The average Bonchev–Trinajstić information content (AvgIpc) is 2.65. The fourth-order valence-electron chi connectivity index (χ4n) is 0.704. The molecule has 4 nitrogen and oxygen atoms in total. The Balaban J connectivity index is 2.65. The topological polar surface area (TPSA) is 62.5 Å². The molecule has 1 heterocycles. The molecular weight excluding hydrogens is 374 g/mol. The Morgan fingerprint density at radius 1 is 1.82 bits per heavy atom. The standard InChI is InChI=1S/C5H9I2N2O2/c1-9(2)5(7-8-5)3(6)4(10)11/h3,8H,1-2H3,(H,10,11)/q-1. The van der Waals surface area contributed by atoms with Crippen LogP contribution in [0.15, 0.2) is 0 Å². The van der Waals surface area contributed by atoms with Crippen LogP contribution in [-0.4, -0.2) is 37.7 Å². The second-order valence-electron chi connectivity index (χ2n) is 2.46. The molecule has 0 amide bonds. The molecule has 1 rings (SSSR count). The first-order chi connectivity index (χ1) is 5.00. The molecule has 0 aliphatic carbocycles. The zero-order chi connectivity index (χ0) is 8.65. The Bertz CT molecular complexity index is 181. The normalized spacial score (nSPS) is 32.7. The van der Waals surface area contributed by atoms with Gasteiger partial charge in [0.15, 0.2) is 0 Å². The van der Waals surface area contributed by atoms with Crippen LogP contribution in [0.5, 0.6) is 0 Å². The van der Waals surface area contributed by atoms with Gasteiger partial charge in [-0.15, -0.1) is 0 Å². The monoisotopic (exact) mass is 383 g/mol. The van der Waals surface area contributed by atoms with E-state index in [1.54, 1.807) is 0 Å². The Labute approximate surface area is 89.5 Å². The van der Waals surface area contributed by atoms with Crippen molar-refractivity contribution in [3.8, 4) is 0 Å². The van der Waals surface area contributed by atoms with E-state index in [4.69, 9.17) is 5.11 Å². The van der Waals surface area contributed by atoms with Crippen molar-refractivity contribution in [1.82, 2.24) is 8.43 Å². The van der Waals surface area contributed by atoms with Gasteiger partial charge in [0.05, 0.1) is 0 Å². The second-order valence-corrected chi connectivity index (χ2v) is 6.43. The summed E-state index contributed by atoms with van der Waals surface area (Å²) in [5.74, 6) is -0.732. The first-order valence-corrected chi connectivity index (χ1v) is 6.37. The van der Waals surface area contributed by atoms with Gasteiger partial charge in [0, 0.05) is 0 Å². The van der Waals surface area contributed by atoms with Gasteiger partial charge in [0.25, 0.3) is 0 Å². The third kappa shape index (κ3) is 1.78. The number of alkyl halides is 2. The molecule has 1 aliphatic rings. The molecule has 2 N–H and O–H groups in total. The first kappa shape index (κ1) is 9.93. The van der Waals surface area contributed by atoms with Gasteiger partial charge in [-0.25, -0.2) is 0 Å². The van der Waals surface area contributed by atoms with Crippen molar-refractivity contribution in [3.63, 3.8) is 0 Å². The summed E-state index contributed by atoms with van der Waals surface area (Å²) in [5.41, 5.74) is 0. The third-order valence-electron chi connectivity index (χ3n) is 1.49. The van der Waals surface area contributed by atoms with Gasteiger partial charge in [-0.2, -0.15) is 0 Å². The number of carboxylic acids is 1. The number of aliphatic carboxylic acids is 1. The predicted octanol–water partition coefficient (Wildman–Crippen LogP) is -3.30. The zero-order valence-electron chi connectivity index (χ0n) is 6.14. The minimum absolute atomic E-state index is 0.139. The summed E-state index contributed by atoms with van der Waals surface area (Å²) in [7, 11) is 3.82. The zero-order valence-corrected chi connectivity index (χ0v) is 10.5. The van der Waals surface area contributed by atoms with Crippen molar-refractivity contribution in [2.45, 2.75) is 7.59 Å². The molecule has 1 aliphatic heterocycles. The van der Waals surface area contributed by atoms with Crippen LogP contribution < -0.4 is 25.0 Å². The van der Waals surface area contributed by atoms with E-state index in [9.17, 15) is 4.79 Å². The van der Waals surface area contributed by atoms with Crippen molar-refractivity contribution in [3.05, 3.63) is 0 Å². The van der Waals surface area contributed by atoms with E-state index in [2.05, 4.69) is 3.53 Å². The van der Waals surface area contributed by atoms with Gasteiger partial charge in [-0.3, -0.25) is 0 Å². The van der Waals surface area contributed by atoms with E-state index >= 15 is 0 Å². The summed E-state index contributed by atoms with van der Waals surface area (Å²) in [6, 6.07) is 0. The molecule has 0 saturated carbocycles. The number of nitrogens with zero attached hydrogens (tertiary/aromatic N) is 1. The number of carbonyl (C=O) groups is 1. The van der Waals surface area contributed by atoms with Gasteiger partial charge in [0.2, 0.25) is 0 Å². The number of halogens is 2. The molecule has 0 aromatic heterocycles. The van der Waals surface area contributed by atoms with Crippen molar-refractivity contribution >= 4 is 28.6 Å². The number of nitrogens with one attached hydrogen (secondary N) is 1. The van der Waals surface area contributed by atoms with Crippen molar-refractivity contribution in [1.29, 1.82) is 0 Å². The van der Waals surface area contributed by atoms with Crippen LogP contribution in [-0.2, 0) is 4.79 Å². The summed E-state index contributed by atoms with van der Waals surface area (Å²) >= 11 is 1.84. The SMILES string of the molecule is CN(C)C1(C(I)C(=O)O)N[I-]1. The molecule has 1 saturated heterocycles. The maximum absolute atomic E-state index is 10.6. The van der Waals surface area contributed by atoms with Gasteiger partial charge in [-0.1, -0.05) is 0 Å². The van der Waals surface area contributed by atoms with Crippen LogP contribution in [0, 0.1) is 0 Å². The fourth-order valence-corrected chi connectivity index (χ4v) is 4.89. The maximum atomic E-state index is 10.6. The van der Waals surface area contributed by atoms with Gasteiger partial charge in [-0.05, 0) is 0 Å². The van der Waals surface area contributed by atoms with Crippen LogP contribution in [0.3, 0.4) is 0 Å². The molecular formula is C5H9I2N2O2-. The molecule has 0 spiro atoms. The van der Waals surface area contributed by atoms with Crippen LogP contribution in [0.25, 0.3) is 0 Å². The van der Waals surface area contributed by atoms with Crippen LogP contribution in [0.2, 0.25) is 0 Å². The predicted molar refractivity (Wildman–Crippen MR) is 45.0 cm³/mol. The molecule has 11 heavy (non-hydrogen) atoms. The van der Waals surface area contributed by atoms with Crippen molar-refractivity contribution in [2.75, 3.05) is 14.1 Å². The number of carboxylic acid groups (broad SMARTS) is 1. The molecule has 0 radical (unpaired) electrons. The van der Waals surface area contributed by atoms with Crippen molar-refractivity contribution < 1.29 is 31.4 Å². The van der Waals surface area contributed by atoms with Crippen LogP contribution in [0.4, 0.5) is 0 Å². The van der Waals surface area contributed by atoms with Gasteiger partial charge < -0.3 is 0 Å². The van der Waals surface area contributed by atoms with E-state index in [1.807, 2.05) is 41.6 Å². The summed E-state index contributed by atoms with van der Waals surface area (Å²) < 4.78 is 2.66. The molecule has 1 fully saturated rings. The van der Waals surface area contributed by atoms with Crippen molar-refractivity contribution in [2.24, 2.45) is 0 Å². The second kappa shape index (κ2) is 3.30. The average molecular weight is 383 g/mol. The minimum atomic E-state index is -0.732. The Morgan fingerprint density at radius 3 is 2.36 bits per heavy atom. The summed E-state index contributed by atoms with van der Waals surface area (Å²) in [4.78, 5) is 12.6. The molecule has 6 heteroatoms. The van der Waals surface area contributed by atoms with E-state index in [-0.39, 0.29) is 29.1 Å². The van der Waals surface area contributed by atoms with Gasteiger partial charge >= 0.3 is 90.1 Å². The van der Waals surface area contributed by atoms with Crippen LogP contribution >= 0.6 is 22.6 Å². The Hall–Kier alpha value is 0.850. The molecule has 0 bridgehead atoms. The fraction of sp³-hybridized carbons (Fsp3) is 0.800. The Morgan fingerprint density at radius 2 is 2.27 bits per heavy atom. The van der Waals surface area contributed by atoms with Crippen LogP contribution in [0.1, 0.15) is 0 Å². The first-order valence-electron chi connectivity index (χ1n) is 2.97. The Kier molecular flexibility index (Phi) is 2.98. The van der Waals surface area contributed by atoms with E-state index in [0.29, 0.717) is 0 Å². The number of hydrogen-bond donors (Lipinski definition) is 2. The number of hydrogen-bond acceptors (Lipinski definition) is 3.